The summed E-state index contributed by atoms with van der Waals surface area (Å²) in [6.07, 6.45) is 9.83. The molecule has 9 rings (SSSR count). The van der Waals surface area contributed by atoms with E-state index in [1.54, 1.807) is 36.5 Å². The summed E-state index contributed by atoms with van der Waals surface area (Å²) in [6.45, 7) is 5.47. The highest BCUT2D eigenvalue weighted by molar-refractivity contribution is 6.25. The SMILES string of the molecule is O=C(CN1CCN(c2cccc(-c3cnc4ccc(N5CCC[C@@H]5c5cccc(F)c5)nn34)n2)CC1)NCCCCCCCCNc1cccc2c1C(=O)N(C1CCC(=O)NC1=O)C2=O. The van der Waals surface area contributed by atoms with Crippen molar-refractivity contribution >= 4 is 52.5 Å². The second-order valence-electron chi connectivity index (χ2n) is 17.2. The first-order chi connectivity index (χ1) is 31.7. The number of benzene rings is 2. The number of pyridine rings is 1. The van der Waals surface area contributed by atoms with Crippen molar-refractivity contribution in [1.29, 1.82) is 0 Å². The van der Waals surface area contributed by atoms with Crippen LogP contribution in [0.4, 0.5) is 21.7 Å². The lowest BCUT2D eigenvalue weighted by Gasteiger charge is -2.35. The van der Waals surface area contributed by atoms with Crippen molar-refractivity contribution < 1.29 is 28.4 Å². The number of carbonyl (C=O) groups excluding carboxylic acids is 5. The van der Waals surface area contributed by atoms with Gasteiger partial charge in [-0.2, -0.15) is 0 Å². The third-order valence-electron chi connectivity index (χ3n) is 12.9. The number of nitrogens with one attached hydrogen (secondary N) is 3. The van der Waals surface area contributed by atoms with E-state index in [1.807, 2.05) is 40.9 Å². The van der Waals surface area contributed by atoms with E-state index in [9.17, 15) is 28.4 Å². The number of piperazine rings is 1. The summed E-state index contributed by atoms with van der Waals surface area (Å²) >= 11 is 0. The van der Waals surface area contributed by atoms with Crippen LogP contribution in [0, 0.1) is 5.82 Å². The third kappa shape index (κ3) is 9.55. The topological polar surface area (TPSA) is 177 Å². The van der Waals surface area contributed by atoms with Crippen LogP contribution in [-0.4, -0.2) is 117 Å². The Morgan fingerprint density at radius 2 is 1.57 bits per heavy atom. The summed E-state index contributed by atoms with van der Waals surface area (Å²) in [7, 11) is 0. The number of anilines is 3. The number of nitrogens with zero attached hydrogens (tertiary/aromatic N) is 8. The molecule has 7 heterocycles. The molecule has 338 valence electrons. The van der Waals surface area contributed by atoms with Crippen molar-refractivity contribution in [3.05, 3.63) is 102 Å². The molecule has 0 radical (unpaired) electrons. The quantitative estimate of drug-likeness (QED) is 0.0806. The molecule has 0 aliphatic carbocycles. The average Bonchev–Trinajstić information content (AvgIpc) is 4.04. The molecule has 16 nitrogen and oxygen atoms in total. The lowest BCUT2D eigenvalue weighted by atomic mass is 10.0. The van der Waals surface area contributed by atoms with Gasteiger partial charge in [0, 0.05) is 57.9 Å². The van der Waals surface area contributed by atoms with Crippen molar-refractivity contribution in [3.63, 3.8) is 0 Å². The number of amides is 5. The number of unbranched alkanes of at least 4 members (excludes halogenated alkanes) is 5. The van der Waals surface area contributed by atoms with Crippen LogP contribution < -0.4 is 25.8 Å². The second kappa shape index (κ2) is 19.6. The summed E-state index contributed by atoms with van der Waals surface area (Å²) < 4.78 is 15.9. The molecule has 4 aliphatic heterocycles. The average molecular weight is 884 g/mol. The van der Waals surface area contributed by atoms with Crippen LogP contribution in [0.25, 0.3) is 17.0 Å². The number of hydrogen-bond acceptors (Lipinski definition) is 12. The summed E-state index contributed by atoms with van der Waals surface area (Å²) in [4.78, 5) is 80.6. The highest BCUT2D eigenvalue weighted by Crippen LogP contribution is 2.36. The number of piperidine rings is 1. The fourth-order valence-corrected chi connectivity index (χ4v) is 9.50. The maximum atomic E-state index is 14.1. The lowest BCUT2D eigenvalue weighted by Crippen LogP contribution is -2.54. The summed E-state index contributed by atoms with van der Waals surface area (Å²) in [5.74, 6) is -0.564. The number of fused-ring (bicyclic) bond motifs is 2. The molecular weight excluding hydrogens is 830 g/mol. The van der Waals surface area contributed by atoms with Gasteiger partial charge in [0.1, 0.15) is 29.2 Å². The number of aromatic nitrogens is 4. The largest absolute Gasteiger partial charge is 0.384 e. The van der Waals surface area contributed by atoms with Gasteiger partial charge < -0.3 is 20.4 Å². The molecule has 0 spiro atoms. The molecule has 1 unspecified atom stereocenters. The van der Waals surface area contributed by atoms with Crippen molar-refractivity contribution in [1.82, 2.24) is 40.0 Å². The number of hydrogen-bond donors (Lipinski definition) is 3. The van der Waals surface area contributed by atoms with Gasteiger partial charge in [0.05, 0.1) is 35.6 Å². The monoisotopic (exact) mass is 883 g/mol. The Bertz CT molecular complexity index is 2590. The maximum Gasteiger partial charge on any atom is 0.264 e. The van der Waals surface area contributed by atoms with E-state index in [4.69, 9.17) is 10.1 Å². The van der Waals surface area contributed by atoms with E-state index in [0.29, 0.717) is 25.3 Å². The van der Waals surface area contributed by atoms with Crippen LogP contribution in [0.5, 0.6) is 0 Å². The first-order valence-electron chi connectivity index (χ1n) is 22.9. The standard InChI is InChI=1S/C48H54FN11O5/c49-33-12-7-11-32(29-33)37-16-10-24-58(37)42-20-19-40-52-30-39(60(40)55-42)35-14-9-17-41(53-35)57-27-25-56(26-28-57)31-44(62)51-23-6-4-2-1-3-5-22-50-36-15-8-13-34-45(36)48(65)59(47(34)64)38-18-21-43(61)54-46(38)63/h7-9,11-15,17,19-20,29-30,37-38,50H,1-6,10,16,18,21-28,31H2,(H,51,62)(H,54,61,63)/t37-,38?/m1/s1. The molecule has 0 bridgehead atoms. The van der Waals surface area contributed by atoms with Crippen molar-refractivity contribution in [3.8, 4) is 11.4 Å². The fraction of sp³-hybridized carbons (Fsp3) is 0.417. The van der Waals surface area contributed by atoms with Crippen LogP contribution in [0.1, 0.15) is 96.5 Å². The van der Waals surface area contributed by atoms with Crippen LogP contribution in [-0.2, 0) is 14.4 Å². The van der Waals surface area contributed by atoms with Gasteiger partial charge in [-0.25, -0.2) is 18.9 Å². The molecule has 3 fully saturated rings. The highest BCUT2D eigenvalue weighted by atomic mass is 19.1. The van der Waals surface area contributed by atoms with E-state index >= 15 is 0 Å². The molecule has 4 aliphatic rings. The lowest BCUT2D eigenvalue weighted by molar-refractivity contribution is -0.136. The van der Waals surface area contributed by atoms with Crippen LogP contribution >= 0.6 is 0 Å². The van der Waals surface area contributed by atoms with E-state index in [-0.39, 0.29) is 41.7 Å². The molecule has 65 heavy (non-hydrogen) atoms. The van der Waals surface area contributed by atoms with Gasteiger partial charge in [0.2, 0.25) is 17.7 Å². The van der Waals surface area contributed by atoms with E-state index in [2.05, 4.69) is 35.6 Å². The summed E-state index contributed by atoms with van der Waals surface area (Å²) in [5.41, 5.74) is 4.35. The summed E-state index contributed by atoms with van der Waals surface area (Å²) in [5, 5.41) is 13.6. The number of imide groups is 2. The zero-order valence-corrected chi connectivity index (χ0v) is 36.4. The Morgan fingerprint density at radius 3 is 2.38 bits per heavy atom. The van der Waals surface area contributed by atoms with Crippen LogP contribution in [0.3, 0.4) is 0 Å². The van der Waals surface area contributed by atoms with Crippen molar-refractivity contribution in [2.24, 2.45) is 0 Å². The molecule has 3 N–H and O–H groups in total. The third-order valence-corrected chi connectivity index (χ3v) is 12.9. The molecule has 2 aromatic carbocycles. The zero-order valence-electron chi connectivity index (χ0n) is 36.4. The predicted octanol–water partition coefficient (Wildman–Crippen LogP) is 5.36. The molecule has 5 amide bonds. The Hall–Kier alpha value is -6.75. The van der Waals surface area contributed by atoms with Gasteiger partial charge in [-0.3, -0.25) is 39.1 Å². The van der Waals surface area contributed by atoms with Gasteiger partial charge in [-0.05, 0) is 86.2 Å². The number of halogens is 1. The highest BCUT2D eigenvalue weighted by Gasteiger charge is 2.45. The van der Waals surface area contributed by atoms with Gasteiger partial charge in [0.25, 0.3) is 11.8 Å². The molecule has 0 saturated carbocycles. The van der Waals surface area contributed by atoms with E-state index < -0.39 is 29.7 Å². The van der Waals surface area contributed by atoms with Crippen LogP contribution in [0.2, 0.25) is 0 Å². The molecule has 5 aromatic rings. The van der Waals surface area contributed by atoms with Gasteiger partial charge >= 0.3 is 0 Å². The minimum Gasteiger partial charge on any atom is -0.384 e. The van der Waals surface area contributed by atoms with E-state index in [0.717, 1.165) is 123 Å². The first kappa shape index (κ1) is 43.5. The zero-order chi connectivity index (χ0) is 44.9. The molecule has 17 heteroatoms. The second-order valence-corrected chi connectivity index (χ2v) is 17.2. The Morgan fingerprint density at radius 1 is 0.785 bits per heavy atom. The minimum atomic E-state index is -0.991. The molecular formula is C48H54FN11O5. The molecule has 2 atom stereocenters. The molecule has 3 saturated heterocycles. The number of imidazole rings is 1. The van der Waals surface area contributed by atoms with Gasteiger partial charge in [0.15, 0.2) is 5.65 Å². The fourth-order valence-electron chi connectivity index (χ4n) is 9.50. The summed E-state index contributed by atoms with van der Waals surface area (Å²) in [6, 6.07) is 20.9. The maximum absolute atomic E-state index is 14.1. The first-order valence-corrected chi connectivity index (χ1v) is 22.9. The van der Waals surface area contributed by atoms with Crippen molar-refractivity contribution in [2.45, 2.75) is 76.3 Å². The number of carbonyl (C=O) groups is 5. The van der Waals surface area contributed by atoms with Crippen molar-refractivity contribution in [2.75, 3.05) is 67.5 Å². The van der Waals surface area contributed by atoms with E-state index in [1.165, 1.54) is 6.07 Å². The van der Waals surface area contributed by atoms with Gasteiger partial charge in [-0.15, -0.1) is 5.10 Å². The Labute approximate surface area is 376 Å². The van der Waals surface area contributed by atoms with Gasteiger partial charge in [-0.1, -0.05) is 49.9 Å². The predicted molar refractivity (Wildman–Crippen MR) is 243 cm³/mol. The molecule has 3 aromatic heterocycles. The number of rotatable bonds is 17. The smallest absolute Gasteiger partial charge is 0.264 e. The van der Waals surface area contributed by atoms with Crippen LogP contribution in [0.15, 0.2) is 79.0 Å². The Balaban J connectivity index is 0.668. The normalized spacial score (nSPS) is 19.0. The Kier molecular flexibility index (Phi) is 13.1. The minimum absolute atomic E-state index is 0.0353.